The Hall–Kier alpha value is -4.42. The second-order valence-corrected chi connectivity index (χ2v) is 10.4. The van der Waals surface area contributed by atoms with E-state index in [0.29, 0.717) is 36.5 Å². The Morgan fingerprint density at radius 3 is 2.00 bits per heavy atom. The number of carbonyl (C=O) groups is 2. The number of amides is 2. The number of hydrogen-bond acceptors (Lipinski definition) is 4. The standard InChI is InChI=1S/C35H37N3O3/c1-3-32(41-29-18-12-13-26(2)25-29)34(39)36-31-20-11-10-19-30(31)35(40)38-23-21-37(22-24-38)33(27-14-6-4-7-15-27)28-16-8-5-9-17-28/h4-20,25,32-33H,3,21-24H2,1-2H3,(H,36,39). The molecule has 210 valence electrons. The Morgan fingerprint density at radius 1 is 0.780 bits per heavy atom. The third-order valence-electron chi connectivity index (χ3n) is 7.54. The quantitative estimate of drug-likeness (QED) is 0.266. The molecule has 6 heteroatoms. The Bertz CT molecular complexity index is 1410. The molecular weight excluding hydrogens is 510 g/mol. The van der Waals surface area contributed by atoms with Crippen LogP contribution in [0.2, 0.25) is 0 Å². The van der Waals surface area contributed by atoms with Gasteiger partial charge in [-0.05, 0) is 54.3 Å². The zero-order valence-electron chi connectivity index (χ0n) is 23.7. The lowest BCUT2D eigenvalue weighted by Crippen LogP contribution is -2.50. The molecule has 1 N–H and O–H groups in total. The number of nitrogens with one attached hydrogen (secondary N) is 1. The minimum atomic E-state index is -0.670. The molecule has 1 saturated heterocycles. The molecule has 1 atom stereocenters. The zero-order valence-corrected chi connectivity index (χ0v) is 23.7. The highest BCUT2D eigenvalue weighted by atomic mass is 16.5. The highest BCUT2D eigenvalue weighted by Gasteiger charge is 2.30. The summed E-state index contributed by atoms with van der Waals surface area (Å²) in [4.78, 5) is 31.2. The second kappa shape index (κ2) is 13.3. The van der Waals surface area contributed by atoms with Crippen LogP contribution in [0.4, 0.5) is 5.69 Å². The smallest absolute Gasteiger partial charge is 0.265 e. The van der Waals surface area contributed by atoms with Gasteiger partial charge in [0.2, 0.25) is 0 Å². The summed E-state index contributed by atoms with van der Waals surface area (Å²) < 4.78 is 5.99. The number of para-hydroxylation sites is 1. The number of anilines is 1. The van der Waals surface area contributed by atoms with Crippen LogP contribution in [-0.4, -0.2) is 53.9 Å². The minimum Gasteiger partial charge on any atom is -0.481 e. The van der Waals surface area contributed by atoms with Crippen molar-refractivity contribution in [1.29, 1.82) is 0 Å². The number of aryl methyl sites for hydroxylation is 1. The van der Waals surface area contributed by atoms with E-state index in [1.807, 2.05) is 67.3 Å². The van der Waals surface area contributed by atoms with Gasteiger partial charge in [-0.2, -0.15) is 0 Å². The molecule has 1 unspecified atom stereocenters. The van der Waals surface area contributed by atoms with Crippen molar-refractivity contribution < 1.29 is 14.3 Å². The van der Waals surface area contributed by atoms with Gasteiger partial charge in [0.15, 0.2) is 6.10 Å². The molecule has 1 fully saturated rings. The molecule has 1 aliphatic heterocycles. The van der Waals surface area contributed by atoms with Gasteiger partial charge in [-0.3, -0.25) is 14.5 Å². The number of carbonyl (C=O) groups excluding carboxylic acids is 2. The molecule has 2 amide bonds. The van der Waals surface area contributed by atoms with E-state index < -0.39 is 6.10 Å². The van der Waals surface area contributed by atoms with Gasteiger partial charge in [0.05, 0.1) is 17.3 Å². The summed E-state index contributed by atoms with van der Waals surface area (Å²) in [5, 5.41) is 2.96. The van der Waals surface area contributed by atoms with Gasteiger partial charge in [0.1, 0.15) is 5.75 Å². The summed E-state index contributed by atoms with van der Waals surface area (Å²) in [5.74, 6) is 0.301. The zero-order chi connectivity index (χ0) is 28.6. The SMILES string of the molecule is CCC(Oc1cccc(C)c1)C(=O)Nc1ccccc1C(=O)N1CCN(C(c2ccccc2)c2ccccc2)CC1. The van der Waals surface area contributed by atoms with Gasteiger partial charge >= 0.3 is 0 Å². The van der Waals surface area contributed by atoms with Crippen LogP contribution in [0.3, 0.4) is 0 Å². The Labute approximate surface area is 242 Å². The predicted octanol–water partition coefficient (Wildman–Crippen LogP) is 6.34. The summed E-state index contributed by atoms with van der Waals surface area (Å²) in [6.07, 6.45) is -0.168. The molecule has 1 heterocycles. The molecule has 0 aliphatic carbocycles. The molecule has 0 spiro atoms. The molecule has 0 aromatic heterocycles. The number of nitrogens with zero attached hydrogens (tertiary/aromatic N) is 2. The average Bonchev–Trinajstić information content (AvgIpc) is 3.01. The number of piperazine rings is 1. The van der Waals surface area contributed by atoms with Gasteiger partial charge in [-0.15, -0.1) is 0 Å². The Kier molecular flexibility index (Phi) is 9.12. The maximum absolute atomic E-state index is 13.7. The van der Waals surface area contributed by atoms with Crippen molar-refractivity contribution in [2.45, 2.75) is 32.4 Å². The summed E-state index contributed by atoms with van der Waals surface area (Å²) >= 11 is 0. The third-order valence-corrected chi connectivity index (χ3v) is 7.54. The Morgan fingerprint density at radius 2 is 1.39 bits per heavy atom. The van der Waals surface area contributed by atoms with Crippen molar-refractivity contribution in [3.8, 4) is 5.75 Å². The molecule has 4 aromatic rings. The van der Waals surface area contributed by atoms with E-state index in [4.69, 9.17) is 4.74 Å². The van der Waals surface area contributed by atoms with Crippen molar-refractivity contribution in [2.75, 3.05) is 31.5 Å². The summed E-state index contributed by atoms with van der Waals surface area (Å²) in [6.45, 7) is 6.60. The van der Waals surface area contributed by atoms with Crippen LogP contribution in [0.25, 0.3) is 0 Å². The Balaban J connectivity index is 1.27. The van der Waals surface area contributed by atoms with Gasteiger partial charge < -0.3 is 15.0 Å². The van der Waals surface area contributed by atoms with E-state index in [1.54, 1.807) is 12.1 Å². The van der Waals surface area contributed by atoms with Crippen molar-refractivity contribution in [3.63, 3.8) is 0 Å². The van der Waals surface area contributed by atoms with Crippen LogP contribution >= 0.6 is 0 Å². The van der Waals surface area contributed by atoms with Crippen molar-refractivity contribution in [3.05, 3.63) is 131 Å². The van der Waals surface area contributed by atoms with Crippen molar-refractivity contribution in [2.24, 2.45) is 0 Å². The fourth-order valence-corrected chi connectivity index (χ4v) is 5.41. The van der Waals surface area contributed by atoms with Crippen LogP contribution in [-0.2, 0) is 4.79 Å². The molecule has 41 heavy (non-hydrogen) atoms. The summed E-state index contributed by atoms with van der Waals surface area (Å²) in [5.41, 5.74) is 4.53. The normalized spacial score (nSPS) is 14.5. The first-order chi connectivity index (χ1) is 20.0. The second-order valence-electron chi connectivity index (χ2n) is 10.4. The topological polar surface area (TPSA) is 61.9 Å². The summed E-state index contributed by atoms with van der Waals surface area (Å²) in [7, 11) is 0. The van der Waals surface area contributed by atoms with E-state index in [9.17, 15) is 9.59 Å². The maximum atomic E-state index is 13.7. The first-order valence-electron chi connectivity index (χ1n) is 14.3. The molecule has 0 radical (unpaired) electrons. The maximum Gasteiger partial charge on any atom is 0.265 e. The molecular formula is C35H37N3O3. The van der Waals surface area contributed by atoms with E-state index in [1.165, 1.54) is 11.1 Å². The van der Waals surface area contributed by atoms with E-state index in [-0.39, 0.29) is 17.9 Å². The average molecular weight is 548 g/mol. The van der Waals surface area contributed by atoms with Gasteiger partial charge in [-0.1, -0.05) is 91.9 Å². The molecule has 1 aliphatic rings. The molecule has 6 nitrogen and oxygen atoms in total. The summed E-state index contributed by atoms with van der Waals surface area (Å²) in [6, 6.07) is 36.0. The first kappa shape index (κ1) is 28.1. The van der Waals surface area contributed by atoms with E-state index in [2.05, 4.69) is 58.7 Å². The van der Waals surface area contributed by atoms with Crippen molar-refractivity contribution in [1.82, 2.24) is 9.80 Å². The van der Waals surface area contributed by atoms with Crippen LogP contribution in [0, 0.1) is 6.92 Å². The number of hydrogen-bond donors (Lipinski definition) is 1. The lowest BCUT2D eigenvalue weighted by Gasteiger charge is -2.40. The third kappa shape index (κ3) is 6.84. The van der Waals surface area contributed by atoms with Gasteiger partial charge in [-0.25, -0.2) is 0 Å². The predicted molar refractivity (Wildman–Crippen MR) is 163 cm³/mol. The van der Waals surface area contributed by atoms with E-state index in [0.717, 1.165) is 18.7 Å². The van der Waals surface area contributed by atoms with Crippen LogP contribution in [0.1, 0.15) is 46.4 Å². The van der Waals surface area contributed by atoms with Crippen LogP contribution in [0.15, 0.2) is 109 Å². The molecule has 5 rings (SSSR count). The van der Waals surface area contributed by atoms with Crippen molar-refractivity contribution >= 4 is 17.5 Å². The molecule has 0 bridgehead atoms. The fourth-order valence-electron chi connectivity index (χ4n) is 5.41. The molecule has 0 saturated carbocycles. The van der Waals surface area contributed by atoms with Gasteiger partial charge in [0.25, 0.3) is 11.8 Å². The number of benzene rings is 4. The first-order valence-corrected chi connectivity index (χ1v) is 14.3. The molecule has 4 aromatic carbocycles. The largest absolute Gasteiger partial charge is 0.481 e. The number of ether oxygens (including phenoxy) is 1. The minimum absolute atomic E-state index is 0.0795. The van der Waals surface area contributed by atoms with Gasteiger partial charge in [0, 0.05) is 26.2 Å². The van der Waals surface area contributed by atoms with E-state index >= 15 is 0 Å². The highest BCUT2D eigenvalue weighted by molar-refractivity contribution is 6.04. The monoisotopic (exact) mass is 547 g/mol. The van der Waals surface area contributed by atoms with Crippen LogP contribution < -0.4 is 10.1 Å². The van der Waals surface area contributed by atoms with Crippen LogP contribution in [0.5, 0.6) is 5.75 Å². The number of rotatable bonds is 9. The lowest BCUT2D eigenvalue weighted by atomic mass is 9.96. The lowest BCUT2D eigenvalue weighted by molar-refractivity contribution is -0.122. The highest BCUT2D eigenvalue weighted by Crippen LogP contribution is 2.30. The fraction of sp³-hybridized carbons (Fsp3) is 0.257.